The lowest BCUT2D eigenvalue weighted by atomic mass is 9.99. The molecule has 19 heavy (non-hydrogen) atoms. The number of carbonyl (C=O) groups excluding carboxylic acids is 1. The van der Waals surface area contributed by atoms with Gasteiger partial charge in [0.05, 0.1) is 0 Å². The van der Waals surface area contributed by atoms with E-state index >= 15 is 0 Å². The van der Waals surface area contributed by atoms with Gasteiger partial charge >= 0.3 is 0 Å². The Bertz CT molecular complexity index is 428. The molecular weight excluding hydrogens is 240 g/mol. The largest absolute Gasteiger partial charge is 0.388 e. The smallest absolute Gasteiger partial charge is 0.253 e. The molecule has 0 aromatic heterocycles. The van der Waals surface area contributed by atoms with Gasteiger partial charge in [-0.15, -0.1) is 0 Å². The molecule has 0 atom stereocenters. The molecule has 1 aromatic carbocycles. The lowest BCUT2D eigenvalue weighted by molar-refractivity contribution is 0.0497. The van der Waals surface area contributed by atoms with E-state index in [1.807, 2.05) is 43.3 Å². The van der Waals surface area contributed by atoms with Gasteiger partial charge in [-0.25, -0.2) is 0 Å². The number of anilines is 1. The summed E-state index contributed by atoms with van der Waals surface area (Å²) in [7, 11) is 3.74. The number of benzene rings is 1. The average molecular weight is 262 g/mol. The maximum absolute atomic E-state index is 12.4. The van der Waals surface area contributed by atoms with Crippen molar-refractivity contribution in [2.45, 2.75) is 12.8 Å². The van der Waals surface area contributed by atoms with E-state index in [4.69, 9.17) is 4.74 Å². The van der Waals surface area contributed by atoms with Crippen LogP contribution >= 0.6 is 0 Å². The van der Waals surface area contributed by atoms with Gasteiger partial charge in [-0.05, 0) is 37.0 Å². The zero-order valence-electron chi connectivity index (χ0n) is 11.7. The van der Waals surface area contributed by atoms with Crippen LogP contribution in [0.2, 0.25) is 0 Å². The monoisotopic (exact) mass is 262 g/mol. The number of hydrogen-bond acceptors (Lipinski definition) is 3. The quantitative estimate of drug-likeness (QED) is 0.904. The van der Waals surface area contributed by atoms with Crippen LogP contribution in [0.15, 0.2) is 24.3 Å². The van der Waals surface area contributed by atoms with E-state index < -0.39 is 0 Å². The van der Waals surface area contributed by atoms with Crippen LogP contribution in [-0.2, 0) is 4.74 Å². The summed E-state index contributed by atoms with van der Waals surface area (Å²) in [6.45, 7) is 2.45. The minimum Gasteiger partial charge on any atom is -0.388 e. The molecule has 4 nitrogen and oxygen atoms in total. The van der Waals surface area contributed by atoms with Gasteiger partial charge in [-0.2, -0.15) is 0 Å². The van der Waals surface area contributed by atoms with Gasteiger partial charge in [0, 0.05) is 45.1 Å². The summed E-state index contributed by atoms with van der Waals surface area (Å²) < 4.78 is 5.34. The van der Waals surface area contributed by atoms with Crippen LogP contribution in [0.1, 0.15) is 23.2 Å². The molecule has 1 fully saturated rings. The molecule has 1 amide bonds. The van der Waals surface area contributed by atoms with Crippen LogP contribution < -0.4 is 5.32 Å². The minimum atomic E-state index is 0.0867. The highest BCUT2D eigenvalue weighted by molar-refractivity contribution is 5.94. The molecule has 0 saturated carbocycles. The van der Waals surface area contributed by atoms with E-state index in [0.717, 1.165) is 43.9 Å². The second-order valence-electron chi connectivity index (χ2n) is 5.07. The first kappa shape index (κ1) is 13.9. The Morgan fingerprint density at radius 3 is 2.84 bits per heavy atom. The number of ether oxygens (including phenoxy) is 1. The molecule has 1 saturated heterocycles. The maximum atomic E-state index is 12.4. The van der Waals surface area contributed by atoms with Crippen LogP contribution in [0.5, 0.6) is 0 Å². The Morgan fingerprint density at radius 2 is 2.16 bits per heavy atom. The van der Waals surface area contributed by atoms with Gasteiger partial charge in [0.1, 0.15) is 0 Å². The Kier molecular flexibility index (Phi) is 4.80. The molecule has 0 unspecified atom stereocenters. The van der Waals surface area contributed by atoms with Crippen LogP contribution in [0.3, 0.4) is 0 Å². The summed E-state index contributed by atoms with van der Waals surface area (Å²) >= 11 is 0. The van der Waals surface area contributed by atoms with E-state index in [9.17, 15) is 4.79 Å². The third-order valence-corrected chi connectivity index (χ3v) is 3.62. The first-order valence-corrected chi connectivity index (χ1v) is 6.81. The highest BCUT2D eigenvalue weighted by Gasteiger charge is 2.19. The molecule has 0 aliphatic carbocycles. The number of rotatable bonds is 4. The number of hydrogen-bond donors (Lipinski definition) is 1. The summed E-state index contributed by atoms with van der Waals surface area (Å²) in [6.07, 6.45) is 2.10. The molecule has 1 N–H and O–H groups in total. The fraction of sp³-hybridized carbons (Fsp3) is 0.533. The lowest BCUT2D eigenvalue weighted by Crippen LogP contribution is -2.34. The Morgan fingerprint density at radius 1 is 1.42 bits per heavy atom. The molecule has 4 heteroatoms. The number of nitrogens with zero attached hydrogens (tertiary/aromatic N) is 1. The fourth-order valence-corrected chi connectivity index (χ4v) is 2.43. The van der Waals surface area contributed by atoms with E-state index in [-0.39, 0.29) is 5.91 Å². The van der Waals surface area contributed by atoms with Gasteiger partial charge in [0.2, 0.25) is 0 Å². The average Bonchev–Trinajstić information content (AvgIpc) is 2.47. The zero-order valence-corrected chi connectivity index (χ0v) is 11.7. The van der Waals surface area contributed by atoms with Gasteiger partial charge in [-0.3, -0.25) is 4.79 Å². The first-order valence-electron chi connectivity index (χ1n) is 6.81. The zero-order chi connectivity index (χ0) is 13.7. The molecule has 104 valence electrons. The Hall–Kier alpha value is -1.55. The van der Waals surface area contributed by atoms with Crippen molar-refractivity contribution >= 4 is 11.6 Å². The minimum absolute atomic E-state index is 0.0867. The van der Waals surface area contributed by atoms with Gasteiger partial charge in [-0.1, -0.05) is 6.07 Å². The highest BCUT2D eigenvalue weighted by Crippen LogP contribution is 2.17. The molecule has 1 aromatic rings. The molecule has 2 rings (SSSR count). The van der Waals surface area contributed by atoms with Gasteiger partial charge in [0.15, 0.2) is 0 Å². The van der Waals surface area contributed by atoms with Crippen molar-refractivity contribution in [1.82, 2.24) is 4.90 Å². The van der Waals surface area contributed by atoms with E-state index in [2.05, 4.69) is 5.32 Å². The van der Waals surface area contributed by atoms with E-state index in [1.54, 1.807) is 0 Å². The first-order chi connectivity index (χ1) is 9.20. The summed E-state index contributed by atoms with van der Waals surface area (Å²) in [5.74, 6) is 0.652. The Labute approximate surface area is 114 Å². The lowest BCUT2D eigenvalue weighted by Gasteiger charge is -2.27. The molecule has 0 spiro atoms. The second kappa shape index (κ2) is 6.57. The Balaban J connectivity index is 1.97. The molecular formula is C15H22N2O2. The van der Waals surface area contributed by atoms with Crippen molar-refractivity contribution in [1.29, 1.82) is 0 Å². The fourth-order valence-electron chi connectivity index (χ4n) is 2.43. The van der Waals surface area contributed by atoms with Crippen molar-refractivity contribution in [3.63, 3.8) is 0 Å². The second-order valence-corrected chi connectivity index (χ2v) is 5.07. The maximum Gasteiger partial charge on any atom is 0.253 e. The molecule has 1 aliphatic heterocycles. The number of amides is 1. The van der Waals surface area contributed by atoms with Crippen molar-refractivity contribution < 1.29 is 9.53 Å². The van der Waals surface area contributed by atoms with Crippen molar-refractivity contribution in [2.75, 3.05) is 39.2 Å². The van der Waals surface area contributed by atoms with Crippen molar-refractivity contribution in [3.8, 4) is 0 Å². The number of carbonyl (C=O) groups is 1. The number of nitrogens with one attached hydrogen (secondary N) is 1. The van der Waals surface area contributed by atoms with Crippen LogP contribution in [0, 0.1) is 5.92 Å². The standard InChI is InChI=1S/C15H22N2O2/c1-16-14-5-3-4-13(10-14)15(18)17(2)11-12-6-8-19-9-7-12/h3-5,10,12,16H,6-9,11H2,1-2H3. The molecule has 0 radical (unpaired) electrons. The van der Waals surface area contributed by atoms with Gasteiger partial charge < -0.3 is 15.0 Å². The summed E-state index contributed by atoms with van der Waals surface area (Å²) in [5.41, 5.74) is 1.70. The molecule has 0 bridgehead atoms. The third-order valence-electron chi connectivity index (χ3n) is 3.62. The summed E-state index contributed by atoms with van der Waals surface area (Å²) in [5, 5.41) is 3.06. The van der Waals surface area contributed by atoms with Crippen LogP contribution in [0.25, 0.3) is 0 Å². The van der Waals surface area contributed by atoms with Crippen LogP contribution in [-0.4, -0.2) is 44.7 Å². The summed E-state index contributed by atoms with van der Waals surface area (Å²) in [6, 6.07) is 7.61. The third kappa shape index (κ3) is 3.70. The van der Waals surface area contributed by atoms with Crippen LogP contribution in [0.4, 0.5) is 5.69 Å². The van der Waals surface area contributed by atoms with E-state index in [0.29, 0.717) is 5.92 Å². The predicted octanol–water partition coefficient (Wildman–Crippen LogP) is 2.23. The predicted molar refractivity (Wildman–Crippen MR) is 76.5 cm³/mol. The van der Waals surface area contributed by atoms with Gasteiger partial charge in [0.25, 0.3) is 5.91 Å². The summed E-state index contributed by atoms with van der Waals surface area (Å²) in [4.78, 5) is 14.2. The molecule has 1 heterocycles. The van der Waals surface area contributed by atoms with Crippen molar-refractivity contribution in [2.24, 2.45) is 5.92 Å². The highest BCUT2D eigenvalue weighted by atomic mass is 16.5. The van der Waals surface area contributed by atoms with E-state index in [1.165, 1.54) is 0 Å². The molecule has 1 aliphatic rings. The topological polar surface area (TPSA) is 41.6 Å². The normalized spacial score (nSPS) is 16.1. The SMILES string of the molecule is CNc1cccc(C(=O)N(C)CC2CCOCC2)c1. The van der Waals surface area contributed by atoms with Crippen molar-refractivity contribution in [3.05, 3.63) is 29.8 Å².